The van der Waals surface area contributed by atoms with Crippen LogP contribution in [0.1, 0.15) is 31.8 Å². The summed E-state index contributed by atoms with van der Waals surface area (Å²) >= 11 is 0. The number of alkyl halides is 3. The van der Waals surface area contributed by atoms with E-state index in [1.54, 1.807) is 12.1 Å². The molecular formula is C26H19F3N2O4. The molecule has 9 heteroatoms. The van der Waals surface area contributed by atoms with Crippen LogP contribution in [0.4, 0.5) is 24.5 Å². The SMILES string of the molecule is O=C(Nc1ccc(NC(=O)c2ccc(COc3ccccc3)cc2)c(C(F)(F)F)c1)c1ccoc1. The van der Waals surface area contributed by atoms with E-state index >= 15 is 0 Å². The first-order valence-corrected chi connectivity index (χ1v) is 10.4. The van der Waals surface area contributed by atoms with Gasteiger partial charge in [0.1, 0.15) is 18.6 Å². The zero-order valence-electron chi connectivity index (χ0n) is 18.1. The Morgan fingerprint density at radius 1 is 0.829 bits per heavy atom. The second kappa shape index (κ2) is 10.2. The zero-order chi connectivity index (χ0) is 24.8. The minimum atomic E-state index is -4.77. The van der Waals surface area contributed by atoms with E-state index in [1.165, 1.54) is 36.8 Å². The predicted molar refractivity (Wildman–Crippen MR) is 123 cm³/mol. The number of ether oxygens (including phenoxy) is 1. The van der Waals surface area contributed by atoms with Crippen LogP contribution in [0.2, 0.25) is 0 Å². The van der Waals surface area contributed by atoms with E-state index in [1.807, 2.05) is 30.3 Å². The maximum absolute atomic E-state index is 13.7. The van der Waals surface area contributed by atoms with E-state index in [0.29, 0.717) is 5.75 Å². The molecule has 6 nitrogen and oxygen atoms in total. The van der Waals surface area contributed by atoms with Crippen LogP contribution >= 0.6 is 0 Å². The van der Waals surface area contributed by atoms with Crippen molar-refractivity contribution in [3.63, 3.8) is 0 Å². The van der Waals surface area contributed by atoms with Crippen molar-refractivity contribution in [1.29, 1.82) is 0 Å². The summed E-state index contributed by atoms with van der Waals surface area (Å²) in [6, 6.07) is 20.0. The highest BCUT2D eigenvalue weighted by molar-refractivity contribution is 6.06. The van der Waals surface area contributed by atoms with Gasteiger partial charge in [-0.2, -0.15) is 13.2 Å². The molecule has 0 spiro atoms. The molecule has 35 heavy (non-hydrogen) atoms. The Hall–Kier alpha value is -4.53. The van der Waals surface area contributed by atoms with Crippen molar-refractivity contribution in [2.75, 3.05) is 10.6 Å². The Morgan fingerprint density at radius 2 is 1.54 bits per heavy atom. The molecule has 3 aromatic carbocycles. The summed E-state index contributed by atoms with van der Waals surface area (Å²) in [4.78, 5) is 24.7. The van der Waals surface area contributed by atoms with Gasteiger partial charge in [-0.15, -0.1) is 0 Å². The number of amides is 2. The number of nitrogens with one attached hydrogen (secondary N) is 2. The van der Waals surface area contributed by atoms with Crippen molar-refractivity contribution in [2.45, 2.75) is 12.8 Å². The van der Waals surface area contributed by atoms with Crippen LogP contribution < -0.4 is 15.4 Å². The Balaban J connectivity index is 1.45. The van der Waals surface area contributed by atoms with Crippen molar-refractivity contribution in [1.82, 2.24) is 0 Å². The van der Waals surface area contributed by atoms with Crippen LogP contribution in [0.5, 0.6) is 5.75 Å². The average molecular weight is 480 g/mol. The Kier molecular flexibility index (Phi) is 6.86. The van der Waals surface area contributed by atoms with Crippen LogP contribution in [-0.4, -0.2) is 11.8 Å². The van der Waals surface area contributed by atoms with Gasteiger partial charge in [0.2, 0.25) is 0 Å². The van der Waals surface area contributed by atoms with Crippen LogP contribution in [-0.2, 0) is 12.8 Å². The third-order valence-electron chi connectivity index (χ3n) is 4.98. The number of rotatable bonds is 7. The number of hydrogen-bond donors (Lipinski definition) is 2. The summed E-state index contributed by atoms with van der Waals surface area (Å²) in [6.07, 6.45) is -2.32. The number of hydrogen-bond acceptors (Lipinski definition) is 4. The minimum absolute atomic E-state index is 0.0794. The molecule has 1 aromatic heterocycles. The minimum Gasteiger partial charge on any atom is -0.489 e. The molecule has 0 aliphatic carbocycles. The van der Waals surface area contributed by atoms with Gasteiger partial charge in [0.25, 0.3) is 11.8 Å². The number of carbonyl (C=O) groups is 2. The van der Waals surface area contributed by atoms with E-state index < -0.39 is 29.2 Å². The lowest BCUT2D eigenvalue weighted by Gasteiger charge is -2.16. The predicted octanol–water partition coefficient (Wildman–Crippen LogP) is 6.38. The van der Waals surface area contributed by atoms with Crippen molar-refractivity contribution in [3.05, 3.63) is 114 Å². The highest BCUT2D eigenvalue weighted by Crippen LogP contribution is 2.37. The first-order chi connectivity index (χ1) is 16.8. The monoisotopic (exact) mass is 480 g/mol. The first kappa shape index (κ1) is 23.6. The van der Waals surface area contributed by atoms with Gasteiger partial charge in [-0.1, -0.05) is 30.3 Å². The van der Waals surface area contributed by atoms with Gasteiger partial charge in [-0.05, 0) is 54.1 Å². The van der Waals surface area contributed by atoms with Gasteiger partial charge < -0.3 is 19.8 Å². The molecule has 2 N–H and O–H groups in total. The quantitative estimate of drug-likeness (QED) is 0.322. The normalized spacial score (nSPS) is 11.1. The molecule has 0 saturated carbocycles. The topological polar surface area (TPSA) is 80.6 Å². The summed E-state index contributed by atoms with van der Waals surface area (Å²) in [5.41, 5.74) is -0.472. The van der Waals surface area contributed by atoms with Gasteiger partial charge in [0, 0.05) is 11.3 Å². The van der Waals surface area contributed by atoms with Crippen LogP contribution in [0, 0.1) is 0 Å². The van der Waals surface area contributed by atoms with Gasteiger partial charge in [-0.3, -0.25) is 9.59 Å². The highest BCUT2D eigenvalue weighted by Gasteiger charge is 2.34. The molecule has 0 atom stereocenters. The number of para-hydroxylation sites is 1. The molecule has 0 aliphatic heterocycles. The lowest BCUT2D eigenvalue weighted by atomic mass is 10.1. The summed E-state index contributed by atoms with van der Waals surface area (Å²) < 4.78 is 51.5. The van der Waals surface area contributed by atoms with Gasteiger partial charge >= 0.3 is 6.18 Å². The number of anilines is 2. The molecule has 4 rings (SSSR count). The standard InChI is InChI=1S/C26H19F3N2O4/c27-26(28,29)22-14-20(30-25(33)19-12-13-34-16-19)10-11-23(22)31-24(32)18-8-6-17(7-9-18)15-35-21-4-2-1-3-5-21/h1-14,16H,15H2,(H,30,33)(H,31,32). The summed E-state index contributed by atoms with van der Waals surface area (Å²) in [5.74, 6) is -0.639. The fraction of sp³-hybridized carbons (Fsp3) is 0.0769. The van der Waals surface area contributed by atoms with E-state index in [2.05, 4.69) is 10.6 Å². The van der Waals surface area contributed by atoms with Crippen molar-refractivity contribution < 1.29 is 31.9 Å². The van der Waals surface area contributed by atoms with E-state index in [9.17, 15) is 22.8 Å². The van der Waals surface area contributed by atoms with E-state index in [-0.39, 0.29) is 23.4 Å². The molecule has 0 bridgehead atoms. The van der Waals surface area contributed by atoms with Crippen molar-refractivity contribution >= 4 is 23.2 Å². The third kappa shape index (κ3) is 6.08. The Morgan fingerprint density at radius 3 is 2.20 bits per heavy atom. The number of benzene rings is 3. The molecule has 2 amide bonds. The van der Waals surface area contributed by atoms with Crippen LogP contribution in [0.25, 0.3) is 0 Å². The third-order valence-corrected chi connectivity index (χ3v) is 4.98. The first-order valence-electron chi connectivity index (χ1n) is 10.4. The Bertz CT molecular complexity index is 1300. The summed E-state index contributed by atoms with van der Waals surface area (Å²) in [5, 5.41) is 4.68. The highest BCUT2D eigenvalue weighted by atomic mass is 19.4. The number of carbonyl (C=O) groups excluding carboxylic acids is 2. The largest absolute Gasteiger partial charge is 0.489 e. The number of halogens is 3. The molecular weight excluding hydrogens is 461 g/mol. The Labute approximate surface area is 198 Å². The van der Waals surface area contributed by atoms with E-state index in [0.717, 1.165) is 17.7 Å². The molecule has 0 radical (unpaired) electrons. The molecule has 0 aliphatic rings. The zero-order valence-corrected chi connectivity index (χ0v) is 18.1. The maximum Gasteiger partial charge on any atom is 0.418 e. The van der Waals surface area contributed by atoms with Gasteiger partial charge in [-0.25, -0.2) is 0 Å². The van der Waals surface area contributed by atoms with Gasteiger partial charge in [0.15, 0.2) is 0 Å². The molecule has 0 unspecified atom stereocenters. The van der Waals surface area contributed by atoms with Crippen molar-refractivity contribution in [3.8, 4) is 5.75 Å². The molecule has 0 saturated heterocycles. The van der Waals surface area contributed by atoms with Crippen LogP contribution in [0.15, 0.2) is 95.8 Å². The lowest BCUT2D eigenvalue weighted by molar-refractivity contribution is -0.136. The second-order valence-corrected chi connectivity index (χ2v) is 7.48. The molecule has 0 fully saturated rings. The average Bonchev–Trinajstić information content (AvgIpc) is 3.39. The smallest absolute Gasteiger partial charge is 0.418 e. The molecule has 4 aromatic rings. The van der Waals surface area contributed by atoms with E-state index in [4.69, 9.17) is 9.15 Å². The maximum atomic E-state index is 13.7. The summed E-state index contributed by atoms with van der Waals surface area (Å²) in [7, 11) is 0. The fourth-order valence-electron chi connectivity index (χ4n) is 3.19. The van der Waals surface area contributed by atoms with Crippen molar-refractivity contribution in [2.24, 2.45) is 0 Å². The molecule has 1 heterocycles. The second-order valence-electron chi connectivity index (χ2n) is 7.48. The van der Waals surface area contributed by atoms with Gasteiger partial charge in [0.05, 0.1) is 23.1 Å². The molecule has 178 valence electrons. The summed E-state index contributed by atoms with van der Waals surface area (Å²) in [6.45, 7) is 0.274. The number of furan rings is 1. The van der Waals surface area contributed by atoms with Crippen LogP contribution in [0.3, 0.4) is 0 Å². The lowest BCUT2D eigenvalue weighted by Crippen LogP contribution is -2.18. The fourth-order valence-corrected chi connectivity index (χ4v) is 3.19.